The zero-order valence-electron chi connectivity index (χ0n) is 11.0. The van der Waals surface area contributed by atoms with Gasteiger partial charge in [0.05, 0.1) is 6.10 Å². The minimum atomic E-state index is -0.0493. The molecule has 2 bridgehead atoms. The third-order valence-electron chi connectivity index (χ3n) is 5.02. The third-order valence-corrected chi connectivity index (χ3v) is 5.02. The Labute approximate surface area is 100 Å². The fourth-order valence-corrected chi connectivity index (χ4v) is 3.54. The quantitative estimate of drug-likeness (QED) is 0.795. The predicted molar refractivity (Wildman–Crippen MR) is 67.4 cm³/mol. The lowest BCUT2D eigenvalue weighted by Gasteiger charge is -2.38. The van der Waals surface area contributed by atoms with Crippen molar-refractivity contribution in [3.05, 3.63) is 0 Å². The van der Waals surface area contributed by atoms with Crippen LogP contribution in [0.3, 0.4) is 0 Å². The molecular weight excluding hydrogens is 198 g/mol. The largest absolute Gasteiger partial charge is 0.393 e. The number of hydrogen-bond acceptors (Lipinski definition) is 2. The van der Waals surface area contributed by atoms with E-state index in [1.807, 2.05) is 0 Å². The van der Waals surface area contributed by atoms with Crippen molar-refractivity contribution in [2.75, 3.05) is 7.05 Å². The molecule has 0 aromatic carbocycles. The molecule has 0 aliphatic carbocycles. The van der Waals surface area contributed by atoms with Gasteiger partial charge < -0.3 is 10.0 Å². The molecule has 0 aromatic rings. The number of nitrogens with zero attached hydrogens (tertiary/aromatic N) is 1. The molecule has 4 unspecified atom stereocenters. The molecule has 0 saturated carbocycles. The Hall–Kier alpha value is -0.0800. The summed E-state index contributed by atoms with van der Waals surface area (Å²) in [5, 5.41) is 10.3. The van der Waals surface area contributed by atoms with Crippen molar-refractivity contribution < 1.29 is 5.11 Å². The summed E-state index contributed by atoms with van der Waals surface area (Å²) < 4.78 is 0. The number of aliphatic hydroxyl groups excluding tert-OH is 1. The minimum absolute atomic E-state index is 0.0493. The van der Waals surface area contributed by atoms with Gasteiger partial charge in [-0.3, -0.25) is 0 Å². The van der Waals surface area contributed by atoms with Gasteiger partial charge in [-0.1, -0.05) is 20.3 Å². The van der Waals surface area contributed by atoms with Gasteiger partial charge >= 0.3 is 0 Å². The summed E-state index contributed by atoms with van der Waals surface area (Å²) in [6, 6.07) is 1.52. The Bertz CT molecular complexity index is 217. The highest BCUT2D eigenvalue weighted by atomic mass is 16.3. The van der Waals surface area contributed by atoms with Crippen LogP contribution in [0.2, 0.25) is 0 Å². The second-order valence-corrected chi connectivity index (χ2v) is 6.10. The maximum Gasteiger partial charge on any atom is 0.0572 e. The maximum absolute atomic E-state index is 10.3. The van der Waals surface area contributed by atoms with Crippen molar-refractivity contribution in [1.29, 1.82) is 0 Å². The maximum atomic E-state index is 10.3. The molecule has 16 heavy (non-hydrogen) atoms. The summed E-state index contributed by atoms with van der Waals surface area (Å²) in [6.45, 7) is 4.47. The Morgan fingerprint density at radius 3 is 2.31 bits per heavy atom. The van der Waals surface area contributed by atoms with Gasteiger partial charge in [0.25, 0.3) is 0 Å². The smallest absolute Gasteiger partial charge is 0.0572 e. The van der Waals surface area contributed by atoms with Crippen LogP contribution in [0.5, 0.6) is 0 Å². The van der Waals surface area contributed by atoms with E-state index in [-0.39, 0.29) is 6.10 Å². The van der Waals surface area contributed by atoms with Crippen LogP contribution in [0.4, 0.5) is 0 Å². The van der Waals surface area contributed by atoms with Gasteiger partial charge in [0.15, 0.2) is 0 Å². The molecule has 0 aromatic heterocycles. The molecular formula is C14H27NO. The van der Waals surface area contributed by atoms with Crippen LogP contribution in [-0.4, -0.2) is 35.2 Å². The zero-order valence-corrected chi connectivity index (χ0v) is 11.0. The summed E-state index contributed by atoms with van der Waals surface area (Å²) in [7, 11) is 2.26. The van der Waals surface area contributed by atoms with Crippen LogP contribution < -0.4 is 0 Å². The fraction of sp³-hybridized carbons (Fsp3) is 1.00. The molecule has 2 aliphatic rings. The zero-order chi connectivity index (χ0) is 11.7. The molecule has 2 saturated heterocycles. The van der Waals surface area contributed by atoms with Gasteiger partial charge in [0.1, 0.15) is 0 Å². The van der Waals surface area contributed by atoms with Crippen LogP contribution in [-0.2, 0) is 0 Å². The van der Waals surface area contributed by atoms with Crippen molar-refractivity contribution in [2.24, 2.45) is 11.8 Å². The molecule has 1 N–H and O–H groups in total. The van der Waals surface area contributed by atoms with Crippen LogP contribution >= 0.6 is 0 Å². The molecule has 0 radical (unpaired) electrons. The number of fused-ring (bicyclic) bond motifs is 2. The second-order valence-electron chi connectivity index (χ2n) is 6.10. The van der Waals surface area contributed by atoms with Crippen LogP contribution in [0.15, 0.2) is 0 Å². The fourth-order valence-electron chi connectivity index (χ4n) is 3.54. The Morgan fingerprint density at radius 2 is 1.81 bits per heavy atom. The lowest BCUT2D eigenvalue weighted by molar-refractivity contribution is 0.0236. The van der Waals surface area contributed by atoms with Crippen molar-refractivity contribution in [3.8, 4) is 0 Å². The Kier molecular flexibility index (Phi) is 3.91. The lowest BCUT2D eigenvalue weighted by atomic mass is 9.83. The average Bonchev–Trinajstić information content (AvgIpc) is 2.53. The predicted octanol–water partition coefficient (Wildman–Crippen LogP) is 2.66. The van der Waals surface area contributed by atoms with Gasteiger partial charge in [0, 0.05) is 12.1 Å². The van der Waals surface area contributed by atoms with Gasteiger partial charge in [-0.2, -0.15) is 0 Å². The topological polar surface area (TPSA) is 23.5 Å². The van der Waals surface area contributed by atoms with Crippen LogP contribution in [0.1, 0.15) is 52.4 Å². The van der Waals surface area contributed by atoms with E-state index in [1.165, 1.54) is 32.1 Å². The Balaban J connectivity index is 1.87. The monoisotopic (exact) mass is 225 g/mol. The second kappa shape index (κ2) is 5.05. The molecule has 4 atom stereocenters. The van der Waals surface area contributed by atoms with Gasteiger partial charge in [-0.25, -0.2) is 0 Å². The summed E-state index contributed by atoms with van der Waals surface area (Å²) >= 11 is 0. The summed E-state index contributed by atoms with van der Waals surface area (Å²) in [5.74, 6) is 1.25. The van der Waals surface area contributed by atoms with E-state index in [2.05, 4.69) is 25.8 Å². The molecule has 2 fully saturated rings. The Morgan fingerprint density at radius 1 is 1.25 bits per heavy atom. The van der Waals surface area contributed by atoms with Crippen molar-refractivity contribution in [2.45, 2.75) is 70.6 Å². The lowest BCUT2D eigenvalue weighted by Crippen LogP contribution is -2.43. The summed E-state index contributed by atoms with van der Waals surface area (Å²) in [6.07, 6.45) is 7.31. The first-order chi connectivity index (χ1) is 7.61. The number of aliphatic hydroxyl groups is 1. The highest BCUT2D eigenvalue weighted by Crippen LogP contribution is 2.39. The van der Waals surface area contributed by atoms with E-state index >= 15 is 0 Å². The standard InChI is InChI=1S/C14H27NO/c1-4-10(2)7-14(16)11-8-12-5-6-13(9-11)15(12)3/h10-14,16H,4-9H2,1-3H3. The van der Waals surface area contributed by atoms with Gasteiger partial charge in [-0.15, -0.1) is 0 Å². The highest BCUT2D eigenvalue weighted by Gasteiger charge is 2.40. The van der Waals surface area contributed by atoms with Crippen LogP contribution in [0, 0.1) is 11.8 Å². The van der Waals surface area contributed by atoms with Crippen molar-refractivity contribution in [1.82, 2.24) is 4.90 Å². The van der Waals surface area contributed by atoms with E-state index in [9.17, 15) is 5.11 Å². The van der Waals surface area contributed by atoms with Crippen LogP contribution in [0.25, 0.3) is 0 Å². The molecule has 2 heteroatoms. The number of piperidine rings is 1. The summed E-state index contributed by atoms with van der Waals surface area (Å²) in [5.41, 5.74) is 0. The molecule has 94 valence electrons. The SMILES string of the molecule is CCC(C)CC(O)C1CC2CCC(C1)N2C. The first kappa shape index (κ1) is 12.4. The van der Waals surface area contributed by atoms with E-state index in [0.29, 0.717) is 11.8 Å². The molecule has 2 rings (SSSR count). The molecule has 0 amide bonds. The number of hydrogen-bond donors (Lipinski definition) is 1. The highest BCUT2D eigenvalue weighted by molar-refractivity contribution is 4.95. The van der Waals surface area contributed by atoms with E-state index < -0.39 is 0 Å². The van der Waals surface area contributed by atoms with Crippen molar-refractivity contribution >= 4 is 0 Å². The van der Waals surface area contributed by atoms with E-state index in [4.69, 9.17) is 0 Å². The van der Waals surface area contributed by atoms with E-state index in [0.717, 1.165) is 18.5 Å². The molecule has 0 spiro atoms. The minimum Gasteiger partial charge on any atom is -0.393 e. The van der Waals surface area contributed by atoms with Gasteiger partial charge in [-0.05, 0) is 51.0 Å². The third kappa shape index (κ3) is 2.43. The number of rotatable bonds is 4. The van der Waals surface area contributed by atoms with Crippen molar-refractivity contribution in [3.63, 3.8) is 0 Å². The molecule has 2 heterocycles. The van der Waals surface area contributed by atoms with E-state index in [1.54, 1.807) is 0 Å². The average molecular weight is 225 g/mol. The summed E-state index contributed by atoms with van der Waals surface area (Å²) in [4.78, 5) is 2.55. The normalized spacial score (nSPS) is 38.6. The molecule has 2 aliphatic heterocycles. The first-order valence-corrected chi connectivity index (χ1v) is 7.01. The first-order valence-electron chi connectivity index (χ1n) is 7.01. The molecule has 2 nitrogen and oxygen atoms in total. The van der Waals surface area contributed by atoms with Gasteiger partial charge in [0.2, 0.25) is 0 Å².